The van der Waals surface area contributed by atoms with E-state index in [-0.39, 0.29) is 5.41 Å². The Hall–Kier alpha value is 0.320. The molecule has 0 aromatic heterocycles. The smallest absolute Gasteiger partial charge is 0.0968 e. The summed E-state index contributed by atoms with van der Waals surface area (Å²) in [7, 11) is 0. The summed E-state index contributed by atoms with van der Waals surface area (Å²) in [4.78, 5) is 0. The van der Waals surface area contributed by atoms with Gasteiger partial charge in [-0.3, -0.25) is 0 Å². The minimum absolute atomic E-state index is 0.243. The molecule has 2 rings (SSSR count). The second-order valence-corrected chi connectivity index (χ2v) is 4.82. The van der Waals surface area contributed by atoms with Crippen molar-refractivity contribution in [1.29, 1.82) is 0 Å². The molecule has 2 aliphatic rings. The SMILES string of the molecule is C=C1CC2(CCC2)C1(Cl)Cl. The Morgan fingerprint density at radius 2 is 1.90 bits per heavy atom. The molecule has 0 amide bonds. The van der Waals surface area contributed by atoms with Crippen LogP contribution in [0.4, 0.5) is 0 Å². The number of alkyl halides is 2. The van der Waals surface area contributed by atoms with Gasteiger partial charge in [-0.1, -0.05) is 36.2 Å². The van der Waals surface area contributed by atoms with Crippen LogP contribution in [0.3, 0.4) is 0 Å². The second-order valence-electron chi connectivity index (χ2n) is 3.49. The van der Waals surface area contributed by atoms with E-state index in [4.69, 9.17) is 23.2 Å². The van der Waals surface area contributed by atoms with E-state index in [0.29, 0.717) is 0 Å². The van der Waals surface area contributed by atoms with Gasteiger partial charge in [0.05, 0.1) is 0 Å². The molecule has 0 nitrogen and oxygen atoms in total. The van der Waals surface area contributed by atoms with Gasteiger partial charge in [0, 0.05) is 5.41 Å². The molecule has 2 aliphatic carbocycles. The fraction of sp³-hybridized carbons (Fsp3) is 0.750. The fourth-order valence-electron chi connectivity index (χ4n) is 1.99. The summed E-state index contributed by atoms with van der Waals surface area (Å²) >= 11 is 12.2. The standard InChI is InChI=1S/C8H10Cl2/c1-6-5-7(3-2-4-7)8(6,9)10/h1-5H2. The summed E-state index contributed by atoms with van der Waals surface area (Å²) in [5.41, 5.74) is 1.25. The maximum atomic E-state index is 6.08. The van der Waals surface area contributed by atoms with E-state index in [1.807, 2.05) is 0 Å². The number of hydrogen-bond acceptors (Lipinski definition) is 0. The molecule has 2 fully saturated rings. The van der Waals surface area contributed by atoms with Crippen LogP contribution in [0, 0.1) is 5.41 Å². The molecule has 0 bridgehead atoms. The average Bonchev–Trinajstić information content (AvgIpc) is 1.77. The van der Waals surface area contributed by atoms with Crippen molar-refractivity contribution < 1.29 is 0 Å². The molecular weight excluding hydrogens is 167 g/mol. The van der Waals surface area contributed by atoms with Gasteiger partial charge in [0.25, 0.3) is 0 Å². The third-order valence-electron chi connectivity index (χ3n) is 2.97. The first kappa shape index (κ1) is 7.00. The van der Waals surface area contributed by atoms with Crippen molar-refractivity contribution in [3.63, 3.8) is 0 Å². The van der Waals surface area contributed by atoms with E-state index < -0.39 is 4.33 Å². The number of halogens is 2. The Labute approximate surface area is 71.2 Å². The van der Waals surface area contributed by atoms with Crippen LogP contribution in [0.2, 0.25) is 0 Å². The van der Waals surface area contributed by atoms with Gasteiger partial charge in [-0.25, -0.2) is 0 Å². The van der Waals surface area contributed by atoms with Crippen LogP contribution < -0.4 is 0 Å². The van der Waals surface area contributed by atoms with Crippen molar-refractivity contribution in [2.45, 2.75) is 30.0 Å². The molecule has 2 saturated carbocycles. The molecule has 56 valence electrons. The van der Waals surface area contributed by atoms with Crippen molar-refractivity contribution in [1.82, 2.24) is 0 Å². The summed E-state index contributed by atoms with van der Waals surface area (Å²) in [6, 6.07) is 0. The highest BCUT2D eigenvalue weighted by Crippen LogP contribution is 2.69. The van der Waals surface area contributed by atoms with Gasteiger partial charge < -0.3 is 0 Å². The highest BCUT2D eigenvalue weighted by molar-refractivity contribution is 6.52. The van der Waals surface area contributed by atoms with Crippen LogP contribution in [0.25, 0.3) is 0 Å². The Bertz CT molecular complexity index is 189. The van der Waals surface area contributed by atoms with Gasteiger partial charge in [0.2, 0.25) is 0 Å². The summed E-state index contributed by atoms with van der Waals surface area (Å²) in [6.07, 6.45) is 4.73. The second kappa shape index (κ2) is 1.73. The maximum Gasteiger partial charge on any atom is 0.144 e. The van der Waals surface area contributed by atoms with E-state index in [9.17, 15) is 0 Å². The minimum atomic E-state index is -0.578. The molecule has 0 atom stereocenters. The Morgan fingerprint density at radius 3 is 2.00 bits per heavy atom. The normalized spacial score (nSPS) is 33.2. The van der Waals surface area contributed by atoms with Gasteiger partial charge in [-0.05, 0) is 24.8 Å². The summed E-state index contributed by atoms with van der Waals surface area (Å²) in [5, 5.41) is 0. The fourth-order valence-corrected chi connectivity index (χ4v) is 2.64. The Balaban J connectivity index is 2.22. The maximum absolute atomic E-state index is 6.08. The molecule has 0 aromatic carbocycles. The van der Waals surface area contributed by atoms with Crippen molar-refractivity contribution in [3.8, 4) is 0 Å². The van der Waals surface area contributed by atoms with Gasteiger partial charge in [0.15, 0.2) is 0 Å². The molecule has 1 spiro atoms. The first-order valence-corrected chi connectivity index (χ1v) is 4.40. The molecule has 0 heterocycles. The van der Waals surface area contributed by atoms with Gasteiger partial charge >= 0.3 is 0 Å². The summed E-state index contributed by atoms with van der Waals surface area (Å²) in [5.74, 6) is 0. The zero-order valence-corrected chi connectivity index (χ0v) is 7.30. The quantitative estimate of drug-likeness (QED) is 0.393. The van der Waals surface area contributed by atoms with Gasteiger partial charge in [-0.2, -0.15) is 0 Å². The molecule has 2 heteroatoms. The summed E-state index contributed by atoms with van der Waals surface area (Å²) < 4.78 is -0.578. The third-order valence-corrected chi connectivity index (χ3v) is 4.31. The first-order valence-electron chi connectivity index (χ1n) is 3.65. The third kappa shape index (κ3) is 0.556. The zero-order chi connectivity index (χ0) is 7.41. The lowest BCUT2D eigenvalue weighted by Gasteiger charge is -2.59. The van der Waals surface area contributed by atoms with E-state index in [1.165, 1.54) is 19.3 Å². The van der Waals surface area contributed by atoms with Crippen LogP contribution in [0.1, 0.15) is 25.7 Å². The zero-order valence-electron chi connectivity index (χ0n) is 5.79. The molecular formula is C8H10Cl2. The largest absolute Gasteiger partial charge is 0.144 e. The van der Waals surface area contributed by atoms with Gasteiger partial charge in [0.1, 0.15) is 4.33 Å². The first-order chi connectivity index (χ1) is 4.58. The molecule has 0 aromatic rings. The van der Waals surface area contributed by atoms with Crippen molar-refractivity contribution in [3.05, 3.63) is 12.2 Å². The molecule has 10 heavy (non-hydrogen) atoms. The van der Waals surface area contributed by atoms with Crippen molar-refractivity contribution in [2.24, 2.45) is 5.41 Å². The topological polar surface area (TPSA) is 0 Å². The van der Waals surface area contributed by atoms with Gasteiger partial charge in [-0.15, -0.1) is 0 Å². The van der Waals surface area contributed by atoms with E-state index in [1.54, 1.807) is 0 Å². The molecule has 0 N–H and O–H groups in total. The van der Waals surface area contributed by atoms with E-state index in [2.05, 4.69) is 6.58 Å². The lowest BCUT2D eigenvalue weighted by atomic mass is 9.53. The number of allylic oxidation sites excluding steroid dienone is 1. The molecule has 0 unspecified atom stereocenters. The predicted octanol–water partition coefficient (Wildman–Crippen LogP) is 3.29. The molecule has 0 saturated heterocycles. The molecule has 0 radical (unpaired) electrons. The number of rotatable bonds is 0. The van der Waals surface area contributed by atoms with Crippen LogP contribution in [0.15, 0.2) is 12.2 Å². The van der Waals surface area contributed by atoms with E-state index in [0.717, 1.165) is 12.0 Å². The summed E-state index contributed by atoms with van der Waals surface area (Å²) in [6.45, 7) is 3.83. The highest BCUT2D eigenvalue weighted by Gasteiger charge is 2.62. The monoisotopic (exact) mass is 176 g/mol. The minimum Gasteiger partial charge on any atom is -0.0968 e. The van der Waals surface area contributed by atoms with Crippen molar-refractivity contribution >= 4 is 23.2 Å². The predicted molar refractivity (Wildman–Crippen MR) is 44.5 cm³/mol. The lowest BCUT2D eigenvalue weighted by molar-refractivity contribution is 0.0677. The lowest BCUT2D eigenvalue weighted by Crippen LogP contribution is -2.55. The highest BCUT2D eigenvalue weighted by atomic mass is 35.5. The van der Waals surface area contributed by atoms with Crippen LogP contribution in [-0.4, -0.2) is 4.33 Å². The Morgan fingerprint density at radius 1 is 1.30 bits per heavy atom. The average molecular weight is 177 g/mol. The Kier molecular flexibility index (Phi) is 1.21. The number of hydrogen-bond donors (Lipinski definition) is 0. The van der Waals surface area contributed by atoms with Crippen molar-refractivity contribution in [2.75, 3.05) is 0 Å². The van der Waals surface area contributed by atoms with Crippen LogP contribution in [0.5, 0.6) is 0 Å². The van der Waals surface area contributed by atoms with E-state index >= 15 is 0 Å². The van der Waals surface area contributed by atoms with Crippen LogP contribution in [-0.2, 0) is 0 Å². The molecule has 0 aliphatic heterocycles. The van der Waals surface area contributed by atoms with Crippen LogP contribution >= 0.6 is 23.2 Å².